The van der Waals surface area contributed by atoms with Gasteiger partial charge in [0.05, 0.1) is 6.04 Å². The summed E-state index contributed by atoms with van der Waals surface area (Å²) >= 11 is 0. The molecule has 1 rings (SSSR count). The Hall–Kier alpha value is -1.04. The SMILES string of the molecule is Cc1nc(N)ccc1CNC(=O)[C@H](C)N.Cl.Cl. The lowest BCUT2D eigenvalue weighted by atomic mass is 10.2. The Morgan fingerprint density at radius 2 is 2.06 bits per heavy atom. The maximum Gasteiger partial charge on any atom is 0.236 e. The first-order valence-electron chi connectivity index (χ1n) is 4.76. The number of aryl methyl sites for hydroxylation is 1. The van der Waals surface area contributed by atoms with E-state index in [0.717, 1.165) is 11.3 Å². The van der Waals surface area contributed by atoms with Crippen LogP contribution in [0.5, 0.6) is 0 Å². The van der Waals surface area contributed by atoms with Crippen LogP contribution in [0.3, 0.4) is 0 Å². The number of nitrogens with two attached hydrogens (primary N) is 2. The number of anilines is 1. The van der Waals surface area contributed by atoms with Crippen LogP contribution in [-0.2, 0) is 11.3 Å². The number of nitrogen functional groups attached to an aromatic ring is 1. The van der Waals surface area contributed by atoms with Gasteiger partial charge in [-0.2, -0.15) is 0 Å². The van der Waals surface area contributed by atoms with Gasteiger partial charge in [0.25, 0.3) is 0 Å². The van der Waals surface area contributed by atoms with Crippen molar-refractivity contribution in [2.75, 3.05) is 5.73 Å². The number of rotatable bonds is 3. The molecule has 0 saturated carbocycles. The topological polar surface area (TPSA) is 94.0 Å². The fourth-order valence-electron chi connectivity index (χ4n) is 1.14. The van der Waals surface area contributed by atoms with Crippen molar-refractivity contribution in [3.05, 3.63) is 23.4 Å². The smallest absolute Gasteiger partial charge is 0.236 e. The molecule has 5 nitrogen and oxygen atoms in total. The Morgan fingerprint density at radius 3 is 2.53 bits per heavy atom. The highest BCUT2D eigenvalue weighted by atomic mass is 35.5. The lowest BCUT2D eigenvalue weighted by molar-refractivity contribution is -0.122. The fraction of sp³-hybridized carbons (Fsp3) is 0.400. The number of hydrogen-bond donors (Lipinski definition) is 3. The van der Waals surface area contributed by atoms with E-state index in [-0.39, 0.29) is 30.7 Å². The molecule has 7 heteroatoms. The number of amides is 1. The van der Waals surface area contributed by atoms with E-state index in [9.17, 15) is 4.79 Å². The molecule has 98 valence electrons. The first-order chi connectivity index (χ1) is 7.00. The Morgan fingerprint density at radius 1 is 1.47 bits per heavy atom. The summed E-state index contributed by atoms with van der Waals surface area (Å²) < 4.78 is 0. The van der Waals surface area contributed by atoms with Gasteiger partial charge in [0, 0.05) is 12.2 Å². The monoisotopic (exact) mass is 280 g/mol. The highest BCUT2D eigenvalue weighted by Crippen LogP contribution is 2.07. The largest absolute Gasteiger partial charge is 0.384 e. The molecule has 1 heterocycles. The van der Waals surface area contributed by atoms with E-state index in [1.54, 1.807) is 13.0 Å². The quantitative estimate of drug-likeness (QED) is 0.763. The summed E-state index contributed by atoms with van der Waals surface area (Å²) in [6.45, 7) is 3.92. The second-order valence-electron chi connectivity index (χ2n) is 3.49. The van der Waals surface area contributed by atoms with Crippen LogP contribution in [0.2, 0.25) is 0 Å². The predicted octanol–water partition coefficient (Wildman–Crippen LogP) is 0.779. The summed E-state index contributed by atoms with van der Waals surface area (Å²) in [7, 11) is 0. The lowest BCUT2D eigenvalue weighted by Crippen LogP contribution is -2.37. The Labute approximate surface area is 113 Å². The van der Waals surface area contributed by atoms with Gasteiger partial charge in [-0.25, -0.2) is 4.98 Å². The first kappa shape index (κ1) is 18.3. The second-order valence-corrected chi connectivity index (χ2v) is 3.49. The van der Waals surface area contributed by atoms with Crippen LogP contribution < -0.4 is 16.8 Å². The Balaban J connectivity index is 0. The first-order valence-corrected chi connectivity index (χ1v) is 4.76. The highest BCUT2D eigenvalue weighted by Gasteiger charge is 2.07. The van der Waals surface area contributed by atoms with Crippen molar-refractivity contribution in [2.45, 2.75) is 26.4 Å². The van der Waals surface area contributed by atoms with Gasteiger partial charge in [-0.15, -0.1) is 24.8 Å². The molecule has 0 aromatic carbocycles. The lowest BCUT2D eigenvalue weighted by Gasteiger charge is -2.09. The molecular weight excluding hydrogens is 263 g/mol. The summed E-state index contributed by atoms with van der Waals surface area (Å²) in [6.07, 6.45) is 0. The molecule has 0 bridgehead atoms. The van der Waals surface area contributed by atoms with Crippen molar-refractivity contribution in [3.63, 3.8) is 0 Å². The van der Waals surface area contributed by atoms with E-state index < -0.39 is 6.04 Å². The average molecular weight is 281 g/mol. The van der Waals surface area contributed by atoms with Gasteiger partial charge in [0.1, 0.15) is 5.82 Å². The van der Waals surface area contributed by atoms with Crippen LogP contribution in [0.25, 0.3) is 0 Å². The third-order valence-electron chi connectivity index (χ3n) is 2.08. The molecule has 17 heavy (non-hydrogen) atoms. The van der Waals surface area contributed by atoms with Crippen LogP contribution in [-0.4, -0.2) is 16.9 Å². The third-order valence-corrected chi connectivity index (χ3v) is 2.08. The van der Waals surface area contributed by atoms with E-state index >= 15 is 0 Å². The van der Waals surface area contributed by atoms with Crippen molar-refractivity contribution in [2.24, 2.45) is 5.73 Å². The average Bonchev–Trinajstić information content (AvgIpc) is 2.15. The number of hydrogen-bond acceptors (Lipinski definition) is 4. The molecule has 0 saturated heterocycles. The molecule has 0 fully saturated rings. The molecule has 0 aliphatic carbocycles. The highest BCUT2D eigenvalue weighted by molar-refractivity contribution is 5.85. The molecule has 0 spiro atoms. The zero-order valence-corrected chi connectivity index (χ0v) is 11.4. The zero-order chi connectivity index (χ0) is 11.4. The number of nitrogens with one attached hydrogen (secondary N) is 1. The normalized spacial score (nSPS) is 10.8. The molecule has 5 N–H and O–H groups in total. The zero-order valence-electron chi connectivity index (χ0n) is 9.77. The van der Waals surface area contributed by atoms with Crippen LogP contribution in [0.15, 0.2) is 12.1 Å². The second kappa shape index (κ2) is 8.11. The van der Waals surface area contributed by atoms with Crippen molar-refractivity contribution >= 4 is 36.5 Å². The summed E-state index contributed by atoms with van der Waals surface area (Å²) in [5.41, 5.74) is 12.7. The van der Waals surface area contributed by atoms with Gasteiger partial charge in [0.2, 0.25) is 5.91 Å². The molecule has 0 unspecified atom stereocenters. The minimum atomic E-state index is -0.493. The maximum absolute atomic E-state index is 11.2. The van der Waals surface area contributed by atoms with E-state index in [2.05, 4.69) is 10.3 Å². The van der Waals surface area contributed by atoms with Gasteiger partial charge < -0.3 is 16.8 Å². The van der Waals surface area contributed by atoms with Crippen molar-refractivity contribution in [3.8, 4) is 0 Å². The van der Waals surface area contributed by atoms with E-state index in [1.807, 2.05) is 13.0 Å². The number of carbonyl (C=O) groups is 1. The number of halogens is 2. The van der Waals surface area contributed by atoms with Gasteiger partial charge >= 0.3 is 0 Å². The standard InChI is InChI=1S/C10H16N4O.2ClH/c1-6(11)10(15)13-5-8-3-4-9(12)14-7(8)2;;/h3-4,6H,5,11H2,1-2H3,(H2,12,14)(H,13,15);2*1H/t6-;;/m0../s1. The van der Waals surface area contributed by atoms with E-state index in [1.165, 1.54) is 0 Å². The summed E-state index contributed by atoms with van der Waals surface area (Å²) in [4.78, 5) is 15.3. The minimum Gasteiger partial charge on any atom is -0.384 e. The fourth-order valence-corrected chi connectivity index (χ4v) is 1.14. The molecule has 0 radical (unpaired) electrons. The Bertz CT molecular complexity index is 371. The van der Waals surface area contributed by atoms with Gasteiger partial charge in [-0.05, 0) is 25.5 Å². The molecule has 1 aromatic heterocycles. The van der Waals surface area contributed by atoms with Crippen LogP contribution >= 0.6 is 24.8 Å². The number of nitrogens with zero attached hydrogens (tertiary/aromatic N) is 1. The number of carbonyl (C=O) groups excluding carboxylic acids is 1. The van der Waals surface area contributed by atoms with Gasteiger partial charge in [-0.3, -0.25) is 4.79 Å². The summed E-state index contributed by atoms with van der Waals surface area (Å²) in [5, 5.41) is 2.71. The van der Waals surface area contributed by atoms with Crippen molar-refractivity contribution in [1.82, 2.24) is 10.3 Å². The maximum atomic E-state index is 11.2. The predicted molar refractivity (Wildman–Crippen MR) is 73.4 cm³/mol. The van der Waals surface area contributed by atoms with E-state index in [0.29, 0.717) is 12.4 Å². The minimum absolute atomic E-state index is 0. The van der Waals surface area contributed by atoms with Gasteiger partial charge in [-0.1, -0.05) is 6.07 Å². The molecule has 0 aliphatic rings. The number of pyridine rings is 1. The molecule has 1 atom stereocenters. The summed E-state index contributed by atoms with van der Waals surface area (Å²) in [5.74, 6) is 0.306. The molecule has 0 aliphatic heterocycles. The van der Waals surface area contributed by atoms with E-state index in [4.69, 9.17) is 11.5 Å². The molecule has 1 amide bonds. The molecule has 1 aromatic rings. The summed E-state index contributed by atoms with van der Waals surface area (Å²) in [6, 6.07) is 3.06. The van der Waals surface area contributed by atoms with Gasteiger partial charge in [0.15, 0.2) is 0 Å². The number of aromatic nitrogens is 1. The Kier molecular flexibility index (Phi) is 8.74. The van der Waals surface area contributed by atoms with Crippen LogP contribution in [0, 0.1) is 6.92 Å². The van der Waals surface area contributed by atoms with Crippen LogP contribution in [0.1, 0.15) is 18.2 Å². The van der Waals surface area contributed by atoms with Crippen molar-refractivity contribution < 1.29 is 4.79 Å². The molecular formula is C10H18Cl2N4O. The van der Waals surface area contributed by atoms with Crippen LogP contribution in [0.4, 0.5) is 5.82 Å². The van der Waals surface area contributed by atoms with Crippen molar-refractivity contribution in [1.29, 1.82) is 0 Å². The third kappa shape index (κ3) is 5.72.